The topological polar surface area (TPSA) is 29.5 Å². The Hall–Kier alpha value is -1.65. The van der Waals surface area contributed by atoms with Crippen molar-refractivity contribution in [2.75, 3.05) is 0 Å². The summed E-state index contributed by atoms with van der Waals surface area (Å²) in [5, 5.41) is 10.5. The van der Waals surface area contributed by atoms with Gasteiger partial charge < -0.3 is 9.84 Å². The first-order chi connectivity index (χ1) is 9.54. The van der Waals surface area contributed by atoms with Crippen LogP contribution in [0.4, 0.5) is 8.78 Å². The van der Waals surface area contributed by atoms with Gasteiger partial charge in [-0.1, -0.05) is 11.6 Å². The minimum atomic E-state index is -0.905. The molecule has 20 heavy (non-hydrogen) atoms. The molecule has 0 aromatic heterocycles. The summed E-state index contributed by atoms with van der Waals surface area (Å²) in [5.41, 5.74) is 0.662. The molecule has 1 N–H and O–H groups in total. The molecule has 0 saturated heterocycles. The molecule has 3 rings (SSSR count). The Morgan fingerprint density at radius 3 is 2.70 bits per heavy atom. The second-order valence-electron chi connectivity index (χ2n) is 4.71. The van der Waals surface area contributed by atoms with Crippen LogP contribution < -0.4 is 4.74 Å². The molecule has 104 valence electrons. The van der Waals surface area contributed by atoms with E-state index < -0.39 is 23.8 Å². The van der Waals surface area contributed by atoms with Crippen molar-refractivity contribution < 1.29 is 18.6 Å². The van der Waals surface area contributed by atoms with Crippen molar-refractivity contribution in [1.82, 2.24) is 0 Å². The van der Waals surface area contributed by atoms with Gasteiger partial charge in [0.05, 0.1) is 6.10 Å². The van der Waals surface area contributed by atoms with Gasteiger partial charge in [-0.2, -0.15) is 0 Å². The zero-order valence-corrected chi connectivity index (χ0v) is 11.1. The summed E-state index contributed by atoms with van der Waals surface area (Å²) in [5.74, 6) is -0.537. The number of rotatable bonds is 1. The molecule has 1 heterocycles. The minimum absolute atomic E-state index is 0.147. The maximum atomic E-state index is 13.8. The third-order valence-corrected chi connectivity index (χ3v) is 3.58. The lowest BCUT2D eigenvalue weighted by molar-refractivity contribution is 0.0636. The molecule has 2 atom stereocenters. The minimum Gasteiger partial charge on any atom is -0.485 e. The van der Waals surface area contributed by atoms with E-state index in [4.69, 9.17) is 16.3 Å². The monoisotopic (exact) mass is 296 g/mol. The van der Waals surface area contributed by atoms with Gasteiger partial charge in [0, 0.05) is 22.6 Å². The highest BCUT2D eigenvalue weighted by atomic mass is 35.5. The van der Waals surface area contributed by atoms with Crippen molar-refractivity contribution in [3.8, 4) is 5.75 Å². The molecule has 0 spiro atoms. The molecule has 0 bridgehead atoms. The number of hydrogen-bond acceptors (Lipinski definition) is 2. The number of aliphatic hydroxyl groups is 1. The first kappa shape index (κ1) is 13.3. The predicted octanol–water partition coefficient (Wildman–Crippen LogP) is 4.18. The Labute approximate surface area is 119 Å². The molecule has 0 aliphatic carbocycles. The van der Waals surface area contributed by atoms with Crippen LogP contribution in [0.1, 0.15) is 29.8 Å². The second kappa shape index (κ2) is 5.04. The average molecular weight is 297 g/mol. The van der Waals surface area contributed by atoms with Crippen LogP contribution in [-0.2, 0) is 0 Å². The van der Waals surface area contributed by atoms with Gasteiger partial charge in [0.25, 0.3) is 0 Å². The van der Waals surface area contributed by atoms with Crippen LogP contribution in [0, 0.1) is 11.6 Å². The highest BCUT2D eigenvalue weighted by molar-refractivity contribution is 6.30. The maximum absolute atomic E-state index is 13.8. The molecule has 0 saturated carbocycles. The number of fused-ring (bicyclic) bond motifs is 1. The summed E-state index contributed by atoms with van der Waals surface area (Å²) in [7, 11) is 0. The van der Waals surface area contributed by atoms with E-state index in [0.29, 0.717) is 16.3 Å². The lowest BCUT2D eigenvalue weighted by Gasteiger charge is -2.30. The van der Waals surface area contributed by atoms with Crippen LogP contribution in [0.2, 0.25) is 5.02 Å². The summed E-state index contributed by atoms with van der Waals surface area (Å²) >= 11 is 5.86. The number of ether oxygens (including phenoxy) is 1. The van der Waals surface area contributed by atoms with E-state index in [0.717, 1.165) is 0 Å². The molecule has 2 aromatic rings. The fourth-order valence-corrected chi connectivity index (χ4v) is 2.55. The SMILES string of the molecule is O[C@@H]1CC(c2cc(Cl)ccc2F)Oc2ccc(F)cc21. The highest BCUT2D eigenvalue weighted by Gasteiger charge is 2.30. The summed E-state index contributed by atoms with van der Waals surface area (Å²) < 4.78 is 32.7. The smallest absolute Gasteiger partial charge is 0.130 e. The zero-order chi connectivity index (χ0) is 14.3. The molecular formula is C15H11ClF2O2. The molecule has 0 radical (unpaired) electrons. The fourth-order valence-electron chi connectivity index (χ4n) is 2.37. The van der Waals surface area contributed by atoms with Gasteiger partial charge in [0.2, 0.25) is 0 Å². The van der Waals surface area contributed by atoms with E-state index in [9.17, 15) is 13.9 Å². The van der Waals surface area contributed by atoms with Gasteiger partial charge in [-0.05, 0) is 36.4 Å². The lowest BCUT2D eigenvalue weighted by atomic mass is 9.94. The first-order valence-electron chi connectivity index (χ1n) is 6.13. The van der Waals surface area contributed by atoms with Crippen molar-refractivity contribution >= 4 is 11.6 Å². The number of hydrogen-bond donors (Lipinski definition) is 1. The van der Waals surface area contributed by atoms with E-state index >= 15 is 0 Å². The van der Waals surface area contributed by atoms with Crippen molar-refractivity contribution in [1.29, 1.82) is 0 Å². The molecule has 0 fully saturated rings. The Morgan fingerprint density at radius 2 is 1.90 bits per heavy atom. The quantitative estimate of drug-likeness (QED) is 0.855. The molecule has 1 unspecified atom stereocenters. The molecule has 5 heteroatoms. The standard InChI is InChI=1S/C15H11ClF2O2/c16-8-1-3-12(18)10(5-8)15-7-13(19)11-6-9(17)2-4-14(11)20-15/h1-6,13,15,19H,7H2/t13-,15?/m1/s1. The van der Waals surface area contributed by atoms with Crippen LogP contribution >= 0.6 is 11.6 Å². The number of benzene rings is 2. The lowest BCUT2D eigenvalue weighted by Crippen LogP contribution is -2.20. The number of halogens is 3. The van der Waals surface area contributed by atoms with E-state index in [1.165, 1.54) is 36.4 Å². The van der Waals surface area contributed by atoms with Gasteiger partial charge in [0.15, 0.2) is 0 Å². The average Bonchev–Trinajstić information content (AvgIpc) is 2.42. The van der Waals surface area contributed by atoms with Crippen molar-refractivity contribution in [2.45, 2.75) is 18.6 Å². The summed E-state index contributed by atoms with van der Waals surface area (Å²) in [6, 6.07) is 8.08. The van der Waals surface area contributed by atoms with Crippen LogP contribution in [0.15, 0.2) is 36.4 Å². The van der Waals surface area contributed by atoms with E-state index in [1.807, 2.05) is 0 Å². The second-order valence-corrected chi connectivity index (χ2v) is 5.14. The van der Waals surface area contributed by atoms with Crippen LogP contribution in [0.25, 0.3) is 0 Å². The van der Waals surface area contributed by atoms with Crippen molar-refractivity contribution in [2.24, 2.45) is 0 Å². The molecule has 0 amide bonds. The van der Waals surface area contributed by atoms with Gasteiger partial charge in [0.1, 0.15) is 23.5 Å². The van der Waals surface area contributed by atoms with Gasteiger partial charge in [-0.15, -0.1) is 0 Å². The van der Waals surface area contributed by atoms with Crippen LogP contribution in [-0.4, -0.2) is 5.11 Å². The molecule has 1 aliphatic heterocycles. The van der Waals surface area contributed by atoms with E-state index in [-0.39, 0.29) is 12.0 Å². The molecular weight excluding hydrogens is 286 g/mol. The first-order valence-corrected chi connectivity index (χ1v) is 6.51. The third-order valence-electron chi connectivity index (χ3n) is 3.34. The van der Waals surface area contributed by atoms with Crippen LogP contribution in [0.5, 0.6) is 5.75 Å². The molecule has 2 aromatic carbocycles. The van der Waals surface area contributed by atoms with Crippen molar-refractivity contribution in [3.05, 3.63) is 64.2 Å². The summed E-state index contributed by atoms with van der Waals surface area (Å²) in [6.45, 7) is 0. The normalized spacial score (nSPS) is 21.2. The van der Waals surface area contributed by atoms with Gasteiger partial charge in [-0.25, -0.2) is 8.78 Å². The van der Waals surface area contributed by atoms with E-state index in [1.54, 1.807) is 0 Å². The zero-order valence-electron chi connectivity index (χ0n) is 10.3. The van der Waals surface area contributed by atoms with E-state index in [2.05, 4.69) is 0 Å². The summed E-state index contributed by atoms with van der Waals surface area (Å²) in [6.07, 6.45) is -1.41. The summed E-state index contributed by atoms with van der Waals surface area (Å²) in [4.78, 5) is 0. The highest BCUT2D eigenvalue weighted by Crippen LogP contribution is 2.41. The Balaban J connectivity index is 1.99. The van der Waals surface area contributed by atoms with Crippen LogP contribution in [0.3, 0.4) is 0 Å². The van der Waals surface area contributed by atoms with Crippen molar-refractivity contribution in [3.63, 3.8) is 0 Å². The predicted molar refractivity (Wildman–Crippen MR) is 70.8 cm³/mol. The number of aliphatic hydroxyl groups excluding tert-OH is 1. The van der Waals surface area contributed by atoms with Gasteiger partial charge in [-0.3, -0.25) is 0 Å². The Bertz CT molecular complexity index is 660. The molecule has 2 nitrogen and oxygen atoms in total. The largest absolute Gasteiger partial charge is 0.485 e. The fraction of sp³-hybridized carbons (Fsp3) is 0.200. The third kappa shape index (κ3) is 2.37. The Kier molecular flexibility index (Phi) is 3.36. The maximum Gasteiger partial charge on any atom is 0.130 e. The van der Waals surface area contributed by atoms with Gasteiger partial charge >= 0.3 is 0 Å². The Morgan fingerprint density at radius 1 is 1.10 bits per heavy atom. The molecule has 1 aliphatic rings.